The quantitative estimate of drug-likeness (QED) is 0.352. The standard InChI is InChI=1S/C27H20N4O4/c1-34-23-14-21-22(15-24(23)35-2)28-16-29-25(21)30-18-9-5-7-17(13-18)8-6-12-31-26(32)19-10-3-4-11-20(19)27(31)33/h3-5,7,9-11,13-16H,12H2,1-2H3,(H,28,29,30). The zero-order chi connectivity index (χ0) is 24.4. The molecule has 1 N–H and O–H groups in total. The first-order chi connectivity index (χ1) is 17.1. The van der Waals surface area contributed by atoms with Crippen LogP contribution in [0.2, 0.25) is 0 Å². The fraction of sp³-hybridized carbons (Fsp3) is 0.111. The first kappa shape index (κ1) is 21.9. The third kappa shape index (κ3) is 4.11. The van der Waals surface area contributed by atoms with Crippen molar-refractivity contribution in [2.24, 2.45) is 0 Å². The lowest BCUT2D eigenvalue weighted by Crippen LogP contribution is -2.29. The second-order valence-electron chi connectivity index (χ2n) is 7.70. The van der Waals surface area contributed by atoms with E-state index in [0.29, 0.717) is 34.0 Å². The highest BCUT2D eigenvalue weighted by Gasteiger charge is 2.34. The Balaban J connectivity index is 1.36. The summed E-state index contributed by atoms with van der Waals surface area (Å²) < 4.78 is 10.8. The van der Waals surface area contributed by atoms with E-state index in [2.05, 4.69) is 27.1 Å². The summed E-state index contributed by atoms with van der Waals surface area (Å²) in [6.07, 6.45) is 1.47. The summed E-state index contributed by atoms with van der Waals surface area (Å²) in [7, 11) is 3.15. The molecule has 1 aromatic heterocycles. The zero-order valence-corrected chi connectivity index (χ0v) is 19.0. The summed E-state index contributed by atoms with van der Waals surface area (Å²) >= 11 is 0. The third-order valence-electron chi connectivity index (χ3n) is 5.61. The van der Waals surface area contributed by atoms with E-state index in [1.54, 1.807) is 44.6 Å². The fourth-order valence-corrected chi connectivity index (χ4v) is 3.90. The molecule has 0 saturated heterocycles. The number of anilines is 2. The van der Waals surface area contributed by atoms with Crippen LogP contribution < -0.4 is 14.8 Å². The molecule has 0 aliphatic carbocycles. The minimum absolute atomic E-state index is 0.0160. The number of hydrogen-bond donors (Lipinski definition) is 1. The highest BCUT2D eigenvalue weighted by atomic mass is 16.5. The van der Waals surface area contributed by atoms with Crippen LogP contribution in [0.5, 0.6) is 11.5 Å². The summed E-state index contributed by atoms with van der Waals surface area (Å²) in [5, 5.41) is 4.07. The van der Waals surface area contributed by atoms with E-state index in [9.17, 15) is 9.59 Å². The van der Waals surface area contributed by atoms with Crippen molar-refractivity contribution in [2.75, 3.05) is 26.1 Å². The molecule has 0 radical (unpaired) electrons. The molecule has 0 unspecified atom stereocenters. The maximum Gasteiger partial charge on any atom is 0.262 e. The summed E-state index contributed by atoms with van der Waals surface area (Å²) in [5.74, 6) is 7.09. The van der Waals surface area contributed by atoms with E-state index in [1.807, 2.05) is 30.3 Å². The molecule has 4 aromatic rings. The number of amides is 2. The van der Waals surface area contributed by atoms with Crippen LogP contribution in [0, 0.1) is 11.8 Å². The van der Waals surface area contributed by atoms with Crippen molar-refractivity contribution in [1.82, 2.24) is 14.9 Å². The largest absolute Gasteiger partial charge is 0.493 e. The molecule has 5 rings (SSSR count). The Morgan fingerprint density at radius 3 is 2.31 bits per heavy atom. The number of nitrogens with zero attached hydrogens (tertiary/aromatic N) is 3. The van der Waals surface area contributed by atoms with Crippen LogP contribution >= 0.6 is 0 Å². The van der Waals surface area contributed by atoms with Crippen molar-refractivity contribution in [3.8, 4) is 23.3 Å². The summed E-state index contributed by atoms with van der Waals surface area (Å²) in [6.45, 7) is 0.0160. The number of nitrogens with one attached hydrogen (secondary N) is 1. The minimum Gasteiger partial charge on any atom is -0.493 e. The van der Waals surface area contributed by atoms with Crippen LogP contribution in [0.15, 0.2) is 67.0 Å². The number of rotatable bonds is 5. The number of ether oxygens (including phenoxy) is 2. The van der Waals surface area contributed by atoms with Crippen molar-refractivity contribution < 1.29 is 19.1 Å². The molecule has 3 aromatic carbocycles. The van der Waals surface area contributed by atoms with Gasteiger partial charge in [0.2, 0.25) is 0 Å². The minimum atomic E-state index is -0.321. The van der Waals surface area contributed by atoms with Gasteiger partial charge in [-0.25, -0.2) is 9.97 Å². The average molecular weight is 464 g/mol. The number of imide groups is 1. The van der Waals surface area contributed by atoms with Crippen LogP contribution in [0.25, 0.3) is 10.9 Å². The van der Waals surface area contributed by atoms with E-state index < -0.39 is 0 Å². The number of carbonyl (C=O) groups is 2. The molecule has 2 amide bonds. The van der Waals surface area contributed by atoms with Gasteiger partial charge in [-0.1, -0.05) is 30.0 Å². The van der Waals surface area contributed by atoms with Crippen molar-refractivity contribution in [1.29, 1.82) is 0 Å². The Bertz CT molecular complexity index is 1500. The van der Waals surface area contributed by atoms with Gasteiger partial charge in [-0.15, -0.1) is 0 Å². The van der Waals surface area contributed by atoms with Gasteiger partial charge in [-0.05, 0) is 36.4 Å². The summed E-state index contributed by atoms with van der Waals surface area (Å²) in [4.78, 5) is 34.9. The van der Waals surface area contributed by atoms with Gasteiger partial charge in [-0.2, -0.15) is 0 Å². The summed E-state index contributed by atoms with van der Waals surface area (Å²) in [6, 6.07) is 17.9. The molecular weight excluding hydrogens is 444 g/mol. The number of hydrogen-bond acceptors (Lipinski definition) is 7. The lowest BCUT2D eigenvalue weighted by molar-refractivity contribution is 0.0675. The molecule has 0 bridgehead atoms. The third-order valence-corrected chi connectivity index (χ3v) is 5.61. The number of methoxy groups -OCH3 is 2. The SMILES string of the molecule is COc1cc2ncnc(Nc3cccc(C#CCN4C(=O)c5ccccc5C4=O)c3)c2cc1OC. The Labute approximate surface area is 201 Å². The monoisotopic (exact) mass is 464 g/mol. The molecule has 35 heavy (non-hydrogen) atoms. The fourth-order valence-electron chi connectivity index (χ4n) is 3.90. The van der Waals surface area contributed by atoms with E-state index in [4.69, 9.17) is 9.47 Å². The molecule has 8 nitrogen and oxygen atoms in total. The highest BCUT2D eigenvalue weighted by Crippen LogP contribution is 2.34. The highest BCUT2D eigenvalue weighted by molar-refractivity contribution is 6.21. The molecule has 172 valence electrons. The predicted octanol–water partition coefficient (Wildman–Crippen LogP) is 4.04. The Kier molecular flexibility index (Phi) is 5.73. The number of aromatic nitrogens is 2. The lowest BCUT2D eigenvalue weighted by atomic mass is 10.1. The van der Waals surface area contributed by atoms with E-state index >= 15 is 0 Å². The van der Waals surface area contributed by atoms with Gasteiger partial charge in [0.05, 0.1) is 37.4 Å². The van der Waals surface area contributed by atoms with Gasteiger partial charge in [-0.3, -0.25) is 14.5 Å². The van der Waals surface area contributed by atoms with Gasteiger partial charge in [0.1, 0.15) is 12.1 Å². The van der Waals surface area contributed by atoms with Crippen LogP contribution in [0.1, 0.15) is 26.3 Å². The van der Waals surface area contributed by atoms with Crippen molar-refractivity contribution in [2.45, 2.75) is 0 Å². The maximum atomic E-state index is 12.5. The first-order valence-electron chi connectivity index (χ1n) is 10.8. The van der Waals surface area contributed by atoms with E-state index in [-0.39, 0.29) is 18.4 Å². The number of carbonyl (C=O) groups excluding carboxylic acids is 2. The number of benzene rings is 3. The predicted molar refractivity (Wildman–Crippen MR) is 131 cm³/mol. The number of fused-ring (bicyclic) bond motifs is 2. The van der Waals surface area contributed by atoms with Gasteiger partial charge in [0, 0.05) is 22.7 Å². The molecule has 0 atom stereocenters. The van der Waals surface area contributed by atoms with Crippen molar-refractivity contribution in [3.05, 3.63) is 83.7 Å². The normalized spacial score (nSPS) is 12.2. The maximum absolute atomic E-state index is 12.5. The second kappa shape index (κ2) is 9.15. The van der Waals surface area contributed by atoms with Crippen LogP contribution in [-0.2, 0) is 0 Å². The Hall–Kier alpha value is -4.90. The van der Waals surface area contributed by atoms with Crippen LogP contribution in [-0.4, -0.2) is 47.4 Å². The molecule has 8 heteroatoms. The molecule has 0 spiro atoms. The van der Waals surface area contributed by atoms with Crippen LogP contribution in [0.4, 0.5) is 11.5 Å². The smallest absolute Gasteiger partial charge is 0.262 e. The van der Waals surface area contributed by atoms with Crippen LogP contribution in [0.3, 0.4) is 0 Å². The van der Waals surface area contributed by atoms with Gasteiger partial charge in [0.15, 0.2) is 11.5 Å². The zero-order valence-electron chi connectivity index (χ0n) is 19.0. The van der Waals surface area contributed by atoms with E-state index in [1.165, 1.54) is 6.33 Å². The Morgan fingerprint density at radius 1 is 0.886 bits per heavy atom. The van der Waals surface area contributed by atoms with E-state index in [0.717, 1.165) is 21.5 Å². The second-order valence-corrected chi connectivity index (χ2v) is 7.70. The van der Waals surface area contributed by atoms with Crippen molar-refractivity contribution >= 4 is 34.2 Å². The molecule has 1 aliphatic rings. The molecule has 1 aliphatic heterocycles. The topological polar surface area (TPSA) is 93.7 Å². The molecule has 0 saturated carbocycles. The van der Waals surface area contributed by atoms with Gasteiger partial charge in [0.25, 0.3) is 11.8 Å². The molecule has 2 heterocycles. The van der Waals surface area contributed by atoms with Crippen molar-refractivity contribution in [3.63, 3.8) is 0 Å². The van der Waals surface area contributed by atoms with Gasteiger partial charge >= 0.3 is 0 Å². The lowest BCUT2D eigenvalue weighted by Gasteiger charge is -2.12. The molecular formula is C27H20N4O4. The first-order valence-corrected chi connectivity index (χ1v) is 10.8. The Morgan fingerprint density at radius 2 is 1.60 bits per heavy atom. The molecule has 0 fully saturated rings. The van der Waals surface area contributed by atoms with Gasteiger partial charge < -0.3 is 14.8 Å². The average Bonchev–Trinajstić information content (AvgIpc) is 3.13. The summed E-state index contributed by atoms with van der Waals surface area (Å²) in [5.41, 5.74) is 3.03.